The molecule has 4 aliphatic rings. The molecule has 0 saturated heterocycles. The lowest BCUT2D eigenvalue weighted by molar-refractivity contribution is -0.00500. The quantitative estimate of drug-likeness (QED) is 0.502. The minimum atomic E-state index is -0.308. The van der Waals surface area contributed by atoms with Crippen LogP contribution in [0.2, 0.25) is 0 Å². The maximum absolute atomic E-state index is 12.2. The number of carbonyl (C=O) groups is 1. The van der Waals surface area contributed by atoms with Crippen LogP contribution in [-0.4, -0.2) is 18.2 Å². The molecule has 3 nitrogen and oxygen atoms in total. The number of esters is 1. The average Bonchev–Trinajstić information content (AvgIpc) is 2.77. The summed E-state index contributed by atoms with van der Waals surface area (Å²) >= 11 is 0. The van der Waals surface area contributed by atoms with Gasteiger partial charge < -0.3 is 9.84 Å². The van der Waals surface area contributed by atoms with Gasteiger partial charge in [-0.3, -0.25) is 0 Å². The summed E-state index contributed by atoms with van der Waals surface area (Å²) in [4.78, 5) is 12.2. The number of carbonyl (C=O) groups excluding carboxylic acids is 1. The summed E-state index contributed by atoms with van der Waals surface area (Å²) in [7, 11) is 1.42. The molecule has 4 aliphatic carbocycles. The zero-order valence-corrected chi connectivity index (χ0v) is 17.9. The van der Waals surface area contributed by atoms with Crippen molar-refractivity contribution in [2.75, 3.05) is 7.11 Å². The number of phenolic OH excluding ortho intramolecular Hbond substituents is 1. The van der Waals surface area contributed by atoms with Crippen LogP contribution in [0.15, 0.2) is 54.6 Å². The summed E-state index contributed by atoms with van der Waals surface area (Å²) < 4.78 is 4.96. The monoisotopic (exact) mass is 412 g/mol. The van der Waals surface area contributed by atoms with Gasteiger partial charge in [-0.2, -0.15) is 0 Å². The van der Waals surface area contributed by atoms with E-state index in [-0.39, 0.29) is 11.4 Å². The molecule has 31 heavy (non-hydrogen) atoms. The van der Waals surface area contributed by atoms with E-state index in [0.29, 0.717) is 11.3 Å². The summed E-state index contributed by atoms with van der Waals surface area (Å²) in [6.07, 6.45) is 7.99. The molecule has 4 fully saturated rings. The molecule has 0 unspecified atom stereocenters. The van der Waals surface area contributed by atoms with Crippen LogP contribution in [0.1, 0.15) is 54.4 Å². The molecular weight excluding hydrogens is 384 g/mol. The van der Waals surface area contributed by atoms with Gasteiger partial charge in [-0.25, -0.2) is 4.79 Å². The lowest BCUT2D eigenvalue weighted by Crippen LogP contribution is -2.48. The van der Waals surface area contributed by atoms with Gasteiger partial charge in [-0.05, 0) is 113 Å². The van der Waals surface area contributed by atoms with Crippen molar-refractivity contribution in [3.05, 3.63) is 65.7 Å². The van der Waals surface area contributed by atoms with Gasteiger partial charge in [0.1, 0.15) is 5.75 Å². The van der Waals surface area contributed by atoms with Crippen LogP contribution in [0, 0.1) is 17.8 Å². The number of rotatable bonds is 3. The molecule has 0 aromatic heterocycles. The van der Waals surface area contributed by atoms with E-state index in [4.69, 9.17) is 4.74 Å². The number of ether oxygens (including phenoxy) is 1. The molecule has 0 spiro atoms. The van der Waals surface area contributed by atoms with E-state index in [0.717, 1.165) is 34.1 Å². The Bertz CT molecular complexity index is 1160. The van der Waals surface area contributed by atoms with Crippen molar-refractivity contribution in [2.24, 2.45) is 17.8 Å². The highest BCUT2D eigenvalue weighted by molar-refractivity contribution is 6.05. The van der Waals surface area contributed by atoms with Crippen molar-refractivity contribution in [1.82, 2.24) is 0 Å². The molecule has 3 aromatic carbocycles. The van der Waals surface area contributed by atoms with E-state index in [2.05, 4.69) is 24.3 Å². The number of methoxy groups -OCH3 is 1. The fraction of sp³-hybridized carbons (Fsp3) is 0.393. The van der Waals surface area contributed by atoms with Gasteiger partial charge in [-0.15, -0.1) is 0 Å². The largest absolute Gasteiger partial charge is 0.508 e. The van der Waals surface area contributed by atoms with Crippen molar-refractivity contribution in [2.45, 2.75) is 43.9 Å². The summed E-state index contributed by atoms with van der Waals surface area (Å²) in [5.41, 5.74) is 4.50. The van der Waals surface area contributed by atoms with Crippen LogP contribution in [0.5, 0.6) is 5.75 Å². The summed E-state index contributed by atoms with van der Waals surface area (Å²) in [6, 6.07) is 18.1. The van der Waals surface area contributed by atoms with E-state index in [1.165, 1.54) is 56.8 Å². The normalized spacial score (nSPS) is 28.7. The minimum Gasteiger partial charge on any atom is -0.508 e. The van der Waals surface area contributed by atoms with Gasteiger partial charge in [0.05, 0.1) is 12.7 Å². The molecule has 1 N–H and O–H groups in total. The standard InChI is InChI=1S/C28H28O3/c1-31-27(30)25-4-2-3-20-12-21(5-7-23(20)25)24-8-6-22(29)13-26(24)28-14-17-9-18(15-28)11-19(10-17)16-28/h2-8,12-13,17-19,29H,9-11,14-16H2,1H3. The maximum atomic E-state index is 12.2. The highest BCUT2D eigenvalue weighted by Gasteiger charge is 2.52. The van der Waals surface area contributed by atoms with Crippen LogP contribution in [0.25, 0.3) is 21.9 Å². The first-order valence-electron chi connectivity index (χ1n) is 11.5. The Morgan fingerprint density at radius 1 is 0.935 bits per heavy atom. The van der Waals surface area contributed by atoms with Crippen molar-refractivity contribution in [3.8, 4) is 16.9 Å². The third-order valence-electron chi connectivity index (χ3n) is 8.21. The van der Waals surface area contributed by atoms with E-state index < -0.39 is 0 Å². The van der Waals surface area contributed by atoms with Gasteiger partial charge >= 0.3 is 5.97 Å². The lowest BCUT2D eigenvalue weighted by Gasteiger charge is -2.57. The Morgan fingerprint density at radius 2 is 1.65 bits per heavy atom. The number of fused-ring (bicyclic) bond motifs is 1. The molecule has 7 rings (SSSR count). The Labute approximate surface area is 183 Å². The van der Waals surface area contributed by atoms with Crippen LogP contribution >= 0.6 is 0 Å². The Balaban J connectivity index is 1.49. The van der Waals surface area contributed by atoms with Crippen LogP contribution in [-0.2, 0) is 10.2 Å². The summed E-state index contributed by atoms with van der Waals surface area (Å²) in [5, 5.41) is 12.4. The second-order valence-electron chi connectivity index (χ2n) is 10.2. The average molecular weight is 413 g/mol. The predicted molar refractivity (Wildman–Crippen MR) is 122 cm³/mol. The molecule has 0 aliphatic heterocycles. The molecule has 0 heterocycles. The molecule has 3 heteroatoms. The van der Waals surface area contributed by atoms with Gasteiger partial charge in [0, 0.05) is 0 Å². The summed E-state index contributed by atoms with van der Waals surface area (Å²) in [6.45, 7) is 0. The first-order chi connectivity index (χ1) is 15.0. The number of hydrogen-bond donors (Lipinski definition) is 1. The second-order valence-corrected chi connectivity index (χ2v) is 10.2. The van der Waals surface area contributed by atoms with Crippen molar-refractivity contribution < 1.29 is 14.6 Å². The van der Waals surface area contributed by atoms with Crippen molar-refractivity contribution in [1.29, 1.82) is 0 Å². The molecular formula is C28H28O3. The molecule has 158 valence electrons. The Kier molecular flexibility index (Phi) is 4.18. The van der Waals surface area contributed by atoms with Gasteiger partial charge in [0.2, 0.25) is 0 Å². The number of aromatic hydroxyl groups is 1. The lowest BCUT2D eigenvalue weighted by atomic mass is 9.47. The molecule has 0 amide bonds. The summed E-state index contributed by atoms with van der Waals surface area (Å²) in [5.74, 6) is 2.60. The predicted octanol–water partition coefficient (Wildman–Crippen LogP) is 6.47. The molecule has 3 aromatic rings. The Morgan fingerprint density at radius 3 is 2.32 bits per heavy atom. The number of hydrogen-bond acceptors (Lipinski definition) is 3. The van der Waals surface area contributed by atoms with Crippen molar-refractivity contribution in [3.63, 3.8) is 0 Å². The van der Waals surface area contributed by atoms with Gasteiger partial charge in [0.25, 0.3) is 0 Å². The smallest absolute Gasteiger partial charge is 0.338 e. The fourth-order valence-electron chi connectivity index (χ4n) is 7.40. The number of benzene rings is 3. The maximum Gasteiger partial charge on any atom is 0.338 e. The van der Waals surface area contributed by atoms with E-state index in [1.54, 1.807) is 0 Å². The minimum absolute atomic E-state index is 0.200. The fourth-order valence-corrected chi connectivity index (χ4v) is 7.40. The van der Waals surface area contributed by atoms with E-state index >= 15 is 0 Å². The first kappa shape index (κ1) is 18.9. The zero-order chi connectivity index (χ0) is 21.2. The zero-order valence-electron chi connectivity index (χ0n) is 17.9. The van der Waals surface area contributed by atoms with Crippen LogP contribution in [0.3, 0.4) is 0 Å². The second kappa shape index (κ2) is 6.85. The van der Waals surface area contributed by atoms with Crippen LogP contribution in [0.4, 0.5) is 0 Å². The van der Waals surface area contributed by atoms with E-state index in [9.17, 15) is 9.90 Å². The van der Waals surface area contributed by atoms with Crippen molar-refractivity contribution >= 4 is 16.7 Å². The van der Waals surface area contributed by atoms with Gasteiger partial charge in [-0.1, -0.05) is 30.3 Å². The first-order valence-corrected chi connectivity index (χ1v) is 11.5. The molecule has 4 bridgehead atoms. The SMILES string of the molecule is COC(=O)c1cccc2cc(-c3ccc(O)cc3C34CC5CC(CC(C5)C3)C4)ccc12. The van der Waals surface area contributed by atoms with Gasteiger partial charge in [0.15, 0.2) is 0 Å². The third kappa shape index (κ3) is 2.97. The molecule has 0 atom stereocenters. The molecule has 0 radical (unpaired) electrons. The third-order valence-corrected chi connectivity index (χ3v) is 8.21. The topological polar surface area (TPSA) is 46.5 Å². The highest BCUT2D eigenvalue weighted by Crippen LogP contribution is 2.62. The Hall–Kier alpha value is -2.81. The van der Waals surface area contributed by atoms with Crippen LogP contribution < -0.4 is 0 Å². The van der Waals surface area contributed by atoms with E-state index in [1.807, 2.05) is 30.3 Å². The molecule has 4 saturated carbocycles. The highest BCUT2D eigenvalue weighted by atomic mass is 16.5. The number of phenols is 1.